The summed E-state index contributed by atoms with van der Waals surface area (Å²) >= 11 is 0.967. The second kappa shape index (κ2) is 14.6. The van der Waals surface area contributed by atoms with Crippen molar-refractivity contribution in [1.29, 1.82) is 0 Å². The highest BCUT2D eigenvalue weighted by molar-refractivity contribution is 7.80. The number of carboxylic acids is 1. The van der Waals surface area contributed by atoms with Crippen molar-refractivity contribution in [2.24, 2.45) is 23.7 Å². The molecule has 2 aromatic heterocycles. The van der Waals surface area contributed by atoms with Crippen LogP contribution in [0, 0.1) is 0 Å². The van der Waals surface area contributed by atoms with Crippen molar-refractivity contribution < 1.29 is 50.9 Å². The minimum Gasteiger partial charge on any atom is -0.485 e. The lowest BCUT2D eigenvalue weighted by atomic mass is 9.84. The Morgan fingerprint density at radius 1 is 1.25 bits per heavy atom. The second-order valence-electron chi connectivity index (χ2n) is 12.9. The van der Waals surface area contributed by atoms with Gasteiger partial charge in [-0.3, -0.25) is 19.5 Å². The van der Waals surface area contributed by atoms with Gasteiger partial charge in [-0.2, -0.15) is 13.5 Å². The maximum Gasteiger partial charge on any atom is 0.418 e. The zero-order valence-corrected chi connectivity index (χ0v) is 30.2. The first-order chi connectivity index (χ1) is 24.4. The largest absolute Gasteiger partial charge is 0.485 e. The quantitative estimate of drug-likeness (QED) is 0.0365. The van der Waals surface area contributed by atoms with Gasteiger partial charge in [-0.1, -0.05) is 11.2 Å². The molecule has 2 aliphatic heterocycles. The Morgan fingerprint density at radius 2 is 1.94 bits per heavy atom. The summed E-state index contributed by atoms with van der Waals surface area (Å²) < 4.78 is 43.8. The smallest absolute Gasteiger partial charge is 0.418 e. The van der Waals surface area contributed by atoms with Crippen LogP contribution in [0.5, 0.6) is 5.75 Å². The number of aryl methyl sites for hydroxylation is 2. The lowest BCUT2D eigenvalue weighted by Crippen LogP contribution is -2.76. The standard InChI is InChI=1S/C31H39N9O10S2/c1-30(2)25(27(42)40(30)50-52(45,46)47)37-26(41)24(20-15-51-29(34)36-20)38-49-31(3,28(43)44)22-9-6-17-11-16(5-8-21(17)48-22)18-7-10-23(39(4)14-18)35-19(12-32)13-33/h5,7-8,10-11,14-15,19,22,25H,6,9,12-13,32-33H2,1-4H3,(H5,34,36,37,41,43,44,45,46,47)/p+1/b38-24-/t22-,25-,31?/m1/s1. The third-order valence-electron chi connectivity index (χ3n) is 8.86. The Hall–Kier alpha value is -4.93. The number of aromatic nitrogens is 2. The number of benzene rings is 1. The van der Waals surface area contributed by atoms with Crippen molar-refractivity contribution in [2.45, 2.75) is 62.9 Å². The highest BCUT2D eigenvalue weighted by atomic mass is 32.3. The molecule has 21 heteroatoms. The van der Waals surface area contributed by atoms with Gasteiger partial charge in [-0.15, -0.1) is 15.6 Å². The Morgan fingerprint density at radius 3 is 2.52 bits per heavy atom. The van der Waals surface area contributed by atoms with Gasteiger partial charge in [0.2, 0.25) is 0 Å². The molecule has 0 saturated carbocycles. The van der Waals surface area contributed by atoms with Crippen LogP contribution in [0.3, 0.4) is 0 Å². The predicted molar refractivity (Wildman–Crippen MR) is 187 cm³/mol. The summed E-state index contributed by atoms with van der Waals surface area (Å²) in [4.78, 5) is 48.5. The highest BCUT2D eigenvalue weighted by Crippen LogP contribution is 2.37. The lowest BCUT2D eigenvalue weighted by Gasteiger charge is -2.50. The second-order valence-corrected chi connectivity index (χ2v) is 14.8. The number of carbonyl (C=O) groups excluding carboxylic acids is 2. The van der Waals surface area contributed by atoms with Gasteiger partial charge in [-0.05, 0) is 62.9 Å². The number of rotatable bonds is 14. The number of fused-ring (bicyclic) bond motifs is 1. The molecule has 0 radical (unpaired) electrons. The highest BCUT2D eigenvalue weighted by Gasteiger charge is 2.58. The molecule has 2 aliphatic rings. The van der Waals surface area contributed by atoms with Gasteiger partial charge in [-0.25, -0.2) is 14.3 Å². The number of nitrogen functional groups attached to an aromatic ring is 1. The first kappa shape index (κ1) is 38.3. The maximum atomic E-state index is 13.5. The average Bonchev–Trinajstić information content (AvgIpc) is 3.53. The van der Waals surface area contributed by atoms with Gasteiger partial charge in [0.25, 0.3) is 23.2 Å². The van der Waals surface area contributed by atoms with Crippen LogP contribution in [0.2, 0.25) is 0 Å². The van der Waals surface area contributed by atoms with Crippen molar-refractivity contribution in [1.82, 2.24) is 15.4 Å². The van der Waals surface area contributed by atoms with E-state index in [4.69, 9.17) is 31.3 Å². The minimum absolute atomic E-state index is 0.0593. The Kier molecular flexibility index (Phi) is 10.8. The third kappa shape index (κ3) is 7.78. The van der Waals surface area contributed by atoms with Gasteiger partial charge in [0, 0.05) is 30.1 Å². The molecule has 0 aliphatic carbocycles. The normalized spacial score (nSPS) is 19.6. The van der Waals surface area contributed by atoms with Crippen LogP contribution < -0.4 is 37.1 Å². The number of nitrogens with one attached hydrogen (secondary N) is 2. The molecule has 19 nitrogen and oxygen atoms in total. The molecule has 1 fully saturated rings. The van der Waals surface area contributed by atoms with Crippen molar-refractivity contribution in [3.05, 3.63) is 53.2 Å². The molecular formula is C31H40N9O10S2+. The van der Waals surface area contributed by atoms with Crippen molar-refractivity contribution in [2.75, 3.05) is 24.1 Å². The number of aliphatic carboxylic acids is 1. The molecule has 2 amide bonds. The molecular weight excluding hydrogens is 723 g/mol. The summed E-state index contributed by atoms with van der Waals surface area (Å²) in [5, 5.41) is 21.8. The number of pyridine rings is 1. The van der Waals surface area contributed by atoms with Gasteiger partial charge < -0.3 is 37.2 Å². The number of nitrogens with zero attached hydrogens (tertiary/aromatic N) is 4. The molecule has 1 saturated heterocycles. The van der Waals surface area contributed by atoms with Crippen LogP contribution in [0.25, 0.3) is 11.1 Å². The number of hydrogen-bond donors (Lipinski definition) is 7. The van der Waals surface area contributed by atoms with E-state index in [9.17, 15) is 27.9 Å². The van der Waals surface area contributed by atoms with E-state index in [1.165, 1.54) is 26.2 Å². The number of β-lactam (4-membered cyclic amide) rings is 1. The van der Waals surface area contributed by atoms with E-state index in [-0.39, 0.29) is 23.3 Å². The van der Waals surface area contributed by atoms with Gasteiger partial charge in [0.1, 0.15) is 23.5 Å². The number of amides is 2. The molecule has 4 heterocycles. The summed E-state index contributed by atoms with van der Waals surface area (Å²) in [6, 6.07) is 8.05. The SMILES string of the molecule is C[n+]1cc(-c2ccc3c(c2)CC[C@H](C(C)(O/N=C(\C(=O)N[C@@H]2C(=O)N(OS(=O)(=O)O)C2(C)C)c2csc(N)n2)C(=O)O)O3)ccc1NC(CN)CN. The van der Waals surface area contributed by atoms with Crippen LogP contribution in [-0.2, 0) is 47.4 Å². The molecule has 1 unspecified atom stereocenters. The summed E-state index contributed by atoms with van der Waals surface area (Å²) in [5.41, 5.74) is 15.9. The van der Waals surface area contributed by atoms with Crippen LogP contribution in [0.4, 0.5) is 10.9 Å². The number of oxime groups is 1. The molecule has 10 N–H and O–H groups in total. The molecule has 52 heavy (non-hydrogen) atoms. The van der Waals surface area contributed by atoms with E-state index in [1.807, 2.05) is 42.1 Å². The van der Waals surface area contributed by atoms with Crippen LogP contribution in [0.1, 0.15) is 38.4 Å². The summed E-state index contributed by atoms with van der Waals surface area (Å²) in [6.45, 7) is 4.78. The van der Waals surface area contributed by atoms with Crippen LogP contribution in [0.15, 0.2) is 47.1 Å². The first-order valence-corrected chi connectivity index (χ1v) is 18.1. The van der Waals surface area contributed by atoms with Crippen molar-refractivity contribution in [3.8, 4) is 16.9 Å². The molecule has 0 spiro atoms. The van der Waals surface area contributed by atoms with E-state index in [0.29, 0.717) is 30.3 Å². The molecule has 1 aromatic carbocycles. The van der Waals surface area contributed by atoms with Gasteiger partial charge in [0.05, 0.1) is 18.8 Å². The van der Waals surface area contributed by atoms with E-state index in [0.717, 1.165) is 33.8 Å². The number of anilines is 2. The lowest BCUT2D eigenvalue weighted by molar-refractivity contribution is -0.656. The summed E-state index contributed by atoms with van der Waals surface area (Å²) in [5.74, 6) is -2.15. The van der Waals surface area contributed by atoms with Crippen LogP contribution in [-0.4, -0.2) is 94.0 Å². The zero-order chi connectivity index (χ0) is 38.2. The predicted octanol–water partition coefficient (Wildman–Crippen LogP) is -0.287. The molecule has 5 rings (SSSR count). The van der Waals surface area contributed by atoms with E-state index in [1.54, 1.807) is 6.07 Å². The topological polar surface area (TPSA) is 288 Å². The fourth-order valence-corrected chi connectivity index (χ4v) is 6.71. The fourth-order valence-electron chi connectivity index (χ4n) is 5.70. The number of ether oxygens (including phenoxy) is 1. The van der Waals surface area contributed by atoms with E-state index < -0.39 is 57.2 Å². The number of hydroxylamine groups is 2. The molecule has 3 atom stereocenters. The monoisotopic (exact) mass is 762 g/mol. The number of carbonyl (C=O) groups is 3. The third-order valence-corrected chi connectivity index (χ3v) is 9.87. The van der Waals surface area contributed by atoms with E-state index >= 15 is 0 Å². The van der Waals surface area contributed by atoms with Crippen molar-refractivity contribution in [3.63, 3.8) is 0 Å². The van der Waals surface area contributed by atoms with E-state index in [2.05, 4.69) is 25.1 Å². The number of nitrogens with two attached hydrogens (primary N) is 3. The summed E-state index contributed by atoms with van der Waals surface area (Å²) in [6.07, 6.45) is 1.55. The minimum atomic E-state index is -5.03. The Labute approximate surface area is 302 Å². The Bertz CT molecular complexity index is 2020. The molecule has 0 bridgehead atoms. The zero-order valence-electron chi connectivity index (χ0n) is 28.6. The fraction of sp³-hybridized carbons (Fsp3) is 0.419. The molecule has 3 aromatic rings. The summed E-state index contributed by atoms with van der Waals surface area (Å²) in [7, 11) is -3.13. The maximum absolute atomic E-state index is 13.5. The molecule has 280 valence electrons. The first-order valence-electron chi connectivity index (χ1n) is 15.9. The number of carboxylic acid groups (broad SMARTS) is 1. The number of thiazole rings is 1. The van der Waals surface area contributed by atoms with Gasteiger partial charge in [0.15, 0.2) is 16.9 Å². The van der Waals surface area contributed by atoms with Crippen LogP contribution >= 0.6 is 11.3 Å². The number of hydrogen-bond acceptors (Lipinski definition) is 15. The average molecular weight is 763 g/mol. The van der Waals surface area contributed by atoms with Gasteiger partial charge >= 0.3 is 16.4 Å². The van der Waals surface area contributed by atoms with Crippen molar-refractivity contribution >= 4 is 56.2 Å². The Balaban J connectivity index is 1.35.